The van der Waals surface area contributed by atoms with Crippen molar-refractivity contribution in [3.8, 4) is 11.1 Å². The highest BCUT2D eigenvalue weighted by atomic mass is 16.5. The molecule has 0 aliphatic carbocycles. The van der Waals surface area contributed by atoms with Gasteiger partial charge in [-0.2, -0.15) is 0 Å². The molecule has 1 fully saturated rings. The van der Waals surface area contributed by atoms with E-state index in [1.807, 2.05) is 36.4 Å². The van der Waals surface area contributed by atoms with Crippen molar-refractivity contribution >= 4 is 17.6 Å². The van der Waals surface area contributed by atoms with Gasteiger partial charge in [0.1, 0.15) is 0 Å². The van der Waals surface area contributed by atoms with E-state index in [2.05, 4.69) is 4.98 Å². The number of urea groups is 1. The van der Waals surface area contributed by atoms with Crippen LogP contribution in [-0.4, -0.2) is 53.3 Å². The Kier molecular flexibility index (Phi) is 6.74. The summed E-state index contributed by atoms with van der Waals surface area (Å²) in [7, 11) is 0. The van der Waals surface area contributed by atoms with E-state index in [9.17, 15) is 9.59 Å². The maximum atomic E-state index is 13.4. The summed E-state index contributed by atoms with van der Waals surface area (Å²) in [5.41, 5.74) is 5.60. The smallest absolute Gasteiger partial charge is 0.324 e. The van der Waals surface area contributed by atoms with Crippen LogP contribution in [0.1, 0.15) is 15.9 Å². The van der Waals surface area contributed by atoms with E-state index in [-0.39, 0.29) is 6.03 Å². The van der Waals surface area contributed by atoms with E-state index < -0.39 is 5.91 Å². The third kappa shape index (κ3) is 4.93. The quantitative estimate of drug-likeness (QED) is 0.476. The Hall–Kier alpha value is -3.75. The molecule has 0 saturated carbocycles. The SMILES string of the molecule is O=C(NO)c1ccc(CN(C(=O)N2CCOCC2)c2ccc(-c3cccnc3)cc2)cc1. The van der Waals surface area contributed by atoms with Gasteiger partial charge in [0.2, 0.25) is 0 Å². The number of hydrogen-bond donors (Lipinski definition) is 2. The number of rotatable bonds is 5. The van der Waals surface area contributed by atoms with Crippen molar-refractivity contribution < 1.29 is 19.5 Å². The van der Waals surface area contributed by atoms with E-state index in [0.29, 0.717) is 38.4 Å². The maximum absolute atomic E-state index is 13.4. The van der Waals surface area contributed by atoms with E-state index in [1.54, 1.807) is 51.9 Å². The molecular formula is C24H24N4O4. The highest BCUT2D eigenvalue weighted by Gasteiger charge is 2.24. The number of pyridine rings is 1. The second kappa shape index (κ2) is 10.0. The summed E-state index contributed by atoms with van der Waals surface area (Å²) in [6, 6.07) is 18.3. The maximum Gasteiger partial charge on any atom is 0.324 e. The minimum Gasteiger partial charge on any atom is -0.378 e. The molecular weight excluding hydrogens is 408 g/mol. The van der Waals surface area contributed by atoms with Crippen LogP contribution in [0.5, 0.6) is 0 Å². The van der Waals surface area contributed by atoms with Crippen molar-refractivity contribution in [2.75, 3.05) is 31.2 Å². The highest BCUT2D eigenvalue weighted by Crippen LogP contribution is 2.25. The summed E-state index contributed by atoms with van der Waals surface area (Å²) >= 11 is 0. The van der Waals surface area contributed by atoms with Crippen LogP contribution in [0, 0.1) is 0 Å². The zero-order valence-electron chi connectivity index (χ0n) is 17.5. The molecule has 2 N–H and O–H groups in total. The third-order valence-corrected chi connectivity index (χ3v) is 5.34. The Morgan fingerprint density at radius 3 is 2.34 bits per heavy atom. The minimum absolute atomic E-state index is 0.0976. The predicted octanol–water partition coefficient (Wildman–Crippen LogP) is 3.33. The largest absolute Gasteiger partial charge is 0.378 e. The molecule has 0 radical (unpaired) electrons. The molecule has 2 heterocycles. The van der Waals surface area contributed by atoms with Gasteiger partial charge in [-0.25, -0.2) is 10.3 Å². The van der Waals surface area contributed by atoms with Gasteiger partial charge in [0.05, 0.1) is 19.8 Å². The molecule has 164 valence electrons. The number of hydrogen-bond acceptors (Lipinski definition) is 5. The van der Waals surface area contributed by atoms with Gasteiger partial charge in [-0.1, -0.05) is 30.3 Å². The van der Waals surface area contributed by atoms with Crippen LogP contribution in [0.3, 0.4) is 0 Å². The van der Waals surface area contributed by atoms with Crippen molar-refractivity contribution in [2.45, 2.75) is 6.54 Å². The average molecular weight is 432 g/mol. The van der Waals surface area contributed by atoms with Gasteiger partial charge in [-0.05, 0) is 47.0 Å². The second-order valence-corrected chi connectivity index (χ2v) is 7.39. The number of nitrogens with one attached hydrogen (secondary N) is 1. The average Bonchev–Trinajstić information content (AvgIpc) is 2.88. The van der Waals surface area contributed by atoms with Crippen molar-refractivity contribution in [3.63, 3.8) is 0 Å². The first-order chi connectivity index (χ1) is 15.7. The Morgan fingerprint density at radius 1 is 1.00 bits per heavy atom. The van der Waals surface area contributed by atoms with Gasteiger partial charge < -0.3 is 9.64 Å². The summed E-state index contributed by atoms with van der Waals surface area (Å²) < 4.78 is 5.39. The number of hydroxylamine groups is 1. The number of carbonyl (C=O) groups excluding carboxylic acids is 2. The van der Waals surface area contributed by atoms with Crippen LogP contribution in [0.25, 0.3) is 11.1 Å². The van der Waals surface area contributed by atoms with Gasteiger partial charge in [0.15, 0.2) is 0 Å². The first kappa shape index (κ1) is 21.5. The van der Waals surface area contributed by atoms with E-state index in [1.165, 1.54) is 0 Å². The second-order valence-electron chi connectivity index (χ2n) is 7.39. The van der Waals surface area contributed by atoms with Gasteiger partial charge in [-0.3, -0.25) is 19.9 Å². The number of amides is 3. The molecule has 1 aromatic heterocycles. The first-order valence-electron chi connectivity index (χ1n) is 10.3. The molecule has 3 aromatic rings. The summed E-state index contributed by atoms with van der Waals surface area (Å²) in [5.74, 6) is -0.580. The van der Waals surface area contributed by atoms with Crippen LogP contribution in [0.2, 0.25) is 0 Å². The molecule has 8 nitrogen and oxygen atoms in total. The lowest BCUT2D eigenvalue weighted by Crippen LogP contribution is -2.48. The van der Waals surface area contributed by atoms with Crippen LogP contribution >= 0.6 is 0 Å². The fourth-order valence-electron chi connectivity index (χ4n) is 3.57. The molecule has 3 amide bonds. The molecule has 1 aliphatic heterocycles. The van der Waals surface area contributed by atoms with Crippen molar-refractivity contribution in [2.24, 2.45) is 0 Å². The third-order valence-electron chi connectivity index (χ3n) is 5.34. The number of carbonyl (C=O) groups is 2. The van der Waals surface area contributed by atoms with Crippen LogP contribution in [0.4, 0.5) is 10.5 Å². The van der Waals surface area contributed by atoms with Crippen molar-refractivity contribution in [1.29, 1.82) is 0 Å². The number of benzene rings is 2. The number of ether oxygens (including phenoxy) is 1. The van der Waals surface area contributed by atoms with Gasteiger partial charge >= 0.3 is 6.03 Å². The van der Waals surface area contributed by atoms with Crippen molar-refractivity contribution in [1.82, 2.24) is 15.4 Å². The van der Waals surface area contributed by atoms with Gasteiger partial charge in [-0.15, -0.1) is 0 Å². The fourth-order valence-corrected chi connectivity index (χ4v) is 3.57. The summed E-state index contributed by atoms with van der Waals surface area (Å²) in [6.07, 6.45) is 3.53. The predicted molar refractivity (Wildman–Crippen MR) is 119 cm³/mol. The zero-order chi connectivity index (χ0) is 22.3. The molecule has 1 aliphatic rings. The van der Waals surface area contributed by atoms with E-state index >= 15 is 0 Å². The number of aromatic nitrogens is 1. The van der Waals surface area contributed by atoms with Crippen LogP contribution < -0.4 is 10.4 Å². The zero-order valence-corrected chi connectivity index (χ0v) is 17.5. The van der Waals surface area contributed by atoms with E-state index in [4.69, 9.17) is 9.94 Å². The van der Waals surface area contributed by atoms with Crippen LogP contribution in [-0.2, 0) is 11.3 Å². The standard InChI is InChI=1S/C24H24N4O4/c29-23(26-31)20-5-3-18(4-6-20)17-28(24(30)27-12-14-32-15-13-27)22-9-7-19(8-10-22)21-2-1-11-25-16-21/h1-11,16,31H,12-15,17H2,(H,26,29). The Labute approximate surface area is 186 Å². The molecule has 2 aromatic carbocycles. The summed E-state index contributed by atoms with van der Waals surface area (Å²) in [6.45, 7) is 2.45. The number of anilines is 1. The molecule has 1 saturated heterocycles. The monoisotopic (exact) mass is 432 g/mol. The lowest BCUT2D eigenvalue weighted by molar-refractivity contribution is 0.0548. The normalized spacial score (nSPS) is 13.5. The minimum atomic E-state index is -0.580. The summed E-state index contributed by atoms with van der Waals surface area (Å²) in [5, 5.41) is 8.80. The highest BCUT2D eigenvalue weighted by molar-refractivity contribution is 5.94. The Bertz CT molecular complexity index is 1050. The fraction of sp³-hybridized carbons (Fsp3) is 0.208. The molecule has 8 heteroatoms. The molecule has 0 atom stereocenters. The molecule has 0 unspecified atom stereocenters. The van der Waals surface area contributed by atoms with Gasteiger partial charge in [0, 0.05) is 36.7 Å². The topological polar surface area (TPSA) is 95.0 Å². The summed E-state index contributed by atoms with van der Waals surface area (Å²) in [4.78, 5) is 32.6. The van der Waals surface area contributed by atoms with Gasteiger partial charge in [0.25, 0.3) is 5.91 Å². The number of morpholine rings is 1. The lowest BCUT2D eigenvalue weighted by atomic mass is 10.1. The molecule has 32 heavy (non-hydrogen) atoms. The Morgan fingerprint density at radius 2 is 1.72 bits per heavy atom. The Balaban J connectivity index is 1.60. The molecule has 0 bridgehead atoms. The van der Waals surface area contributed by atoms with E-state index in [0.717, 1.165) is 22.4 Å². The number of nitrogens with zero attached hydrogens (tertiary/aromatic N) is 3. The molecule has 4 rings (SSSR count). The molecule has 0 spiro atoms. The van der Waals surface area contributed by atoms with Crippen LogP contribution in [0.15, 0.2) is 73.1 Å². The van der Waals surface area contributed by atoms with Crippen molar-refractivity contribution in [3.05, 3.63) is 84.2 Å². The first-order valence-corrected chi connectivity index (χ1v) is 10.3. The lowest BCUT2D eigenvalue weighted by Gasteiger charge is -2.33.